The first-order chi connectivity index (χ1) is 7.02. The summed E-state index contributed by atoms with van der Waals surface area (Å²) >= 11 is 0. The van der Waals surface area contributed by atoms with Crippen LogP contribution in [-0.4, -0.2) is 29.9 Å². The van der Waals surface area contributed by atoms with Gasteiger partial charge in [0.05, 0.1) is 6.04 Å². The molecule has 1 fully saturated rings. The molecule has 1 aliphatic heterocycles. The lowest BCUT2D eigenvalue weighted by molar-refractivity contribution is -0.132. The fourth-order valence-electron chi connectivity index (χ4n) is 2.30. The predicted molar refractivity (Wildman–Crippen MR) is 62.4 cm³/mol. The number of rotatable bonds is 2. The minimum atomic E-state index is -0.347. The van der Waals surface area contributed by atoms with Gasteiger partial charge in [-0.2, -0.15) is 0 Å². The average Bonchev–Trinajstić information content (AvgIpc) is 2.41. The van der Waals surface area contributed by atoms with Gasteiger partial charge in [-0.1, -0.05) is 13.8 Å². The van der Waals surface area contributed by atoms with Gasteiger partial charge in [-0.25, -0.2) is 0 Å². The minimum Gasteiger partial charge on any atom is -0.341 e. The molecule has 1 aliphatic rings. The van der Waals surface area contributed by atoms with Crippen molar-refractivity contribution < 1.29 is 4.79 Å². The van der Waals surface area contributed by atoms with Gasteiger partial charge in [0.25, 0.3) is 0 Å². The molecule has 1 unspecified atom stereocenters. The summed E-state index contributed by atoms with van der Waals surface area (Å²) in [5.41, 5.74) is 5.62. The van der Waals surface area contributed by atoms with Crippen molar-refractivity contribution in [1.82, 2.24) is 4.90 Å². The quantitative estimate of drug-likeness (QED) is 0.756. The van der Waals surface area contributed by atoms with Crippen molar-refractivity contribution in [3.05, 3.63) is 0 Å². The third kappa shape index (κ3) is 3.49. The smallest absolute Gasteiger partial charge is 0.239 e. The number of nitrogens with zero attached hydrogens (tertiary/aromatic N) is 1. The van der Waals surface area contributed by atoms with Crippen LogP contribution < -0.4 is 5.73 Å². The molecule has 0 bridgehead atoms. The first-order valence-electron chi connectivity index (χ1n) is 6.06. The van der Waals surface area contributed by atoms with Crippen molar-refractivity contribution in [2.75, 3.05) is 13.1 Å². The SMILES string of the molecule is CC(C)C1CCCN(C(=O)[C@@H](C)N)CC1. The number of hydrogen-bond donors (Lipinski definition) is 1. The topological polar surface area (TPSA) is 46.3 Å². The van der Waals surface area contributed by atoms with E-state index in [9.17, 15) is 4.79 Å². The summed E-state index contributed by atoms with van der Waals surface area (Å²) < 4.78 is 0. The van der Waals surface area contributed by atoms with Crippen LogP contribution in [0.15, 0.2) is 0 Å². The lowest BCUT2D eigenvalue weighted by Gasteiger charge is -2.23. The van der Waals surface area contributed by atoms with Crippen molar-refractivity contribution >= 4 is 5.91 Å². The number of likely N-dealkylation sites (tertiary alicyclic amines) is 1. The van der Waals surface area contributed by atoms with Gasteiger partial charge >= 0.3 is 0 Å². The molecule has 3 heteroatoms. The van der Waals surface area contributed by atoms with E-state index in [0.717, 1.165) is 37.8 Å². The Kier molecular flexibility index (Phi) is 4.58. The highest BCUT2D eigenvalue weighted by Gasteiger charge is 2.23. The second kappa shape index (κ2) is 5.50. The van der Waals surface area contributed by atoms with Crippen molar-refractivity contribution in [3.8, 4) is 0 Å². The van der Waals surface area contributed by atoms with Crippen molar-refractivity contribution in [2.45, 2.75) is 46.1 Å². The third-order valence-electron chi connectivity index (χ3n) is 3.42. The molecule has 0 aliphatic carbocycles. The fourth-order valence-corrected chi connectivity index (χ4v) is 2.30. The highest BCUT2D eigenvalue weighted by Crippen LogP contribution is 2.24. The summed E-state index contributed by atoms with van der Waals surface area (Å²) in [4.78, 5) is 13.7. The maximum absolute atomic E-state index is 11.7. The molecule has 0 saturated carbocycles. The van der Waals surface area contributed by atoms with Gasteiger partial charge < -0.3 is 10.6 Å². The second-order valence-corrected chi connectivity index (χ2v) is 5.05. The molecule has 1 amide bonds. The van der Waals surface area contributed by atoms with Gasteiger partial charge in [0.2, 0.25) is 5.91 Å². The molecule has 0 aromatic heterocycles. The highest BCUT2D eigenvalue weighted by molar-refractivity contribution is 5.81. The van der Waals surface area contributed by atoms with Gasteiger partial charge in [-0.15, -0.1) is 0 Å². The number of carbonyl (C=O) groups is 1. The Morgan fingerprint density at radius 2 is 1.93 bits per heavy atom. The van der Waals surface area contributed by atoms with E-state index < -0.39 is 0 Å². The summed E-state index contributed by atoms with van der Waals surface area (Å²) in [6.07, 6.45) is 3.51. The van der Waals surface area contributed by atoms with E-state index in [1.165, 1.54) is 6.42 Å². The van der Waals surface area contributed by atoms with Crippen LogP contribution >= 0.6 is 0 Å². The number of nitrogens with two attached hydrogens (primary N) is 1. The summed E-state index contributed by atoms with van der Waals surface area (Å²) in [5, 5.41) is 0. The van der Waals surface area contributed by atoms with Gasteiger partial charge in [0, 0.05) is 13.1 Å². The maximum atomic E-state index is 11.7. The number of hydrogen-bond acceptors (Lipinski definition) is 2. The monoisotopic (exact) mass is 212 g/mol. The van der Waals surface area contributed by atoms with E-state index in [0.29, 0.717) is 0 Å². The molecule has 0 spiro atoms. The first-order valence-corrected chi connectivity index (χ1v) is 6.06. The van der Waals surface area contributed by atoms with Gasteiger partial charge in [-0.05, 0) is 38.0 Å². The molecule has 1 saturated heterocycles. The van der Waals surface area contributed by atoms with Crippen LogP contribution in [0.5, 0.6) is 0 Å². The summed E-state index contributed by atoms with van der Waals surface area (Å²) in [6, 6.07) is -0.347. The van der Waals surface area contributed by atoms with Crippen LogP contribution in [0.3, 0.4) is 0 Å². The molecule has 0 aromatic rings. The van der Waals surface area contributed by atoms with Crippen LogP contribution in [0.4, 0.5) is 0 Å². The summed E-state index contributed by atoms with van der Waals surface area (Å²) in [5.74, 6) is 1.62. The van der Waals surface area contributed by atoms with Gasteiger partial charge in [0.1, 0.15) is 0 Å². The fraction of sp³-hybridized carbons (Fsp3) is 0.917. The van der Waals surface area contributed by atoms with Crippen LogP contribution in [-0.2, 0) is 4.79 Å². The molecular formula is C12H24N2O. The van der Waals surface area contributed by atoms with E-state index in [1.807, 2.05) is 4.90 Å². The van der Waals surface area contributed by atoms with Crippen LogP contribution in [0.1, 0.15) is 40.0 Å². The Morgan fingerprint density at radius 1 is 1.27 bits per heavy atom. The molecule has 0 aromatic carbocycles. The molecule has 1 rings (SSSR count). The lowest BCUT2D eigenvalue weighted by Crippen LogP contribution is -2.42. The standard InChI is InChI=1S/C12H24N2O/c1-9(2)11-5-4-7-14(8-6-11)12(15)10(3)13/h9-11H,4-8,13H2,1-3H3/t10-,11?/m1/s1. The van der Waals surface area contributed by atoms with E-state index in [-0.39, 0.29) is 11.9 Å². The Morgan fingerprint density at radius 3 is 2.47 bits per heavy atom. The van der Waals surface area contributed by atoms with Crippen LogP contribution in [0.25, 0.3) is 0 Å². The lowest BCUT2D eigenvalue weighted by atomic mass is 9.89. The number of carbonyl (C=O) groups excluding carboxylic acids is 1. The molecule has 15 heavy (non-hydrogen) atoms. The molecule has 88 valence electrons. The molecule has 3 nitrogen and oxygen atoms in total. The van der Waals surface area contributed by atoms with Gasteiger partial charge in [-0.3, -0.25) is 4.79 Å². The van der Waals surface area contributed by atoms with Crippen molar-refractivity contribution in [3.63, 3.8) is 0 Å². The Bertz CT molecular complexity index is 214. The zero-order chi connectivity index (χ0) is 11.4. The average molecular weight is 212 g/mol. The first kappa shape index (κ1) is 12.5. The molecule has 1 heterocycles. The minimum absolute atomic E-state index is 0.111. The Balaban J connectivity index is 2.49. The van der Waals surface area contributed by atoms with E-state index >= 15 is 0 Å². The molecular weight excluding hydrogens is 188 g/mol. The maximum Gasteiger partial charge on any atom is 0.239 e. The molecule has 2 N–H and O–H groups in total. The third-order valence-corrected chi connectivity index (χ3v) is 3.42. The van der Waals surface area contributed by atoms with Gasteiger partial charge in [0.15, 0.2) is 0 Å². The van der Waals surface area contributed by atoms with E-state index in [2.05, 4.69) is 13.8 Å². The largest absolute Gasteiger partial charge is 0.341 e. The normalized spacial score (nSPS) is 25.1. The van der Waals surface area contributed by atoms with Crippen molar-refractivity contribution in [1.29, 1.82) is 0 Å². The van der Waals surface area contributed by atoms with E-state index in [1.54, 1.807) is 6.92 Å². The highest BCUT2D eigenvalue weighted by atomic mass is 16.2. The summed E-state index contributed by atoms with van der Waals surface area (Å²) in [6.45, 7) is 8.10. The molecule has 0 radical (unpaired) electrons. The Labute approximate surface area is 93.0 Å². The van der Waals surface area contributed by atoms with Crippen LogP contribution in [0, 0.1) is 11.8 Å². The van der Waals surface area contributed by atoms with Crippen molar-refractivity contribution in [2.24, 2.45) is 17.6 Å². The summed E-state index contributed by atoms with van der Waals surface area (Å²) in [7, 11) is 0. The van der Waals surface area contributed by atoms with Crippen LogP contribution in [0.2, 0.25) is 0 Å². The zero-order valence-electron chi connectivity index (χ0n) is 10.2. The molecule has 2 atom stereocenters. The second-order valence-electron chi connectivity index (χ2n) is 5.05. The zero-order valence-corrected chi connectivity index (χ0v) is 10.2. The number of amides is 1. The van der Waals surface area contributed by atoms with E-state index in [4.69, 9.17) is 5.73 Å². The Hall–Kier alpha value is -0.570. The predicted octanol–water partition coefficient (Wildman–Crippen LogP) is 1.62.